The average molecular weight is 348 g/mol. The van der Waals surface area contributed by atoms with Crippen LogP contribution in [0.4, 0.5) is 10.5 Å². The van der Waals surface area contributed by atoms with Gasteiger partial charge in [-0.05, 0) is 43.1 Å². The van der Waals surface area contributed by atoms with Gasteiger partial charge < -0.3 is 10.6 Å². The van der Waals surface area contributed by atoms with Crippen LogP contribution in [-0.4, -0.2) is 30.1 Å². The Hall–Kier alpha value is -2.84. The number of benzene rings is 2. The Morgan fingerprint density at radius 2 is 1.88 bits per heavy atom. The molecule has 2 aromatic rings. The number of piperidine rings is 1. The first kappa shape index (κ1) is 18.0. The van der Waals surface area contributed by atoms with Gasteiger partial charge in [0.25, 0.3) is 0 Å². The SMILES string of the molecule is N#Cc1ccccc1CN1CCCCC1CNC(=O)Nc1ccccc1. The lowest BCUT2D eigenvalue weighted by Crippen LogP contribution is -2.47. The van der Waals surface area contributed by atoms with Crippen LogP contribution < -0.4 is 10.6 Å². The van der Waals surface area contributed by atoms with E-state index in [0.29, 0.717) is 6.54 Å². The van der Waals surface area contributed by atoms with Gasteiger partial charge in [-0.15, -0.1) is 0 Å². The number of hydrogen-bond donors (Lipinski definition) is 2. The summed E-state index contributed by atoms with van der Waals surface area (Å²) in [6, 6.07) is 19.6. The van der Waals surface area contributed by atoms with Crippen molar-refractivity contribution in [2.75, 3.05) is 18.4 Å². The molecule has 5 heteroatoms. The highest BCUT2D eigenvalue weighted by molar-refractivity contribution is 5.89. The van der Waals surface area contributed by atoms with Gasteiger partial charge in [-0.2, -0.15) is 5.26 Å². The molecule has 1 saturated heterocycles. The summed E-state index contributed by atoms with van der Waals surface area (Å²) in [7, 11) is 0. The van der Waals surface area contributed by atoms with Gasteiger partial charge in [0.1, 0.15) is 0 Å². The van der Waals surface area contributed by atoms with E-state index in [1.807, 2.05) is 54.6 Å². The topological polar surface area (TPSA) is 68.2 Å². The third-order valence-electron chi connectivity index (χ3n) is 4.79. The highest BCUT2D eigenvalue weighted by Crippen LogP contribution is 2.20. The van der Waals surface area contributed by atoms with E-state index in [4.69, 9.17) is 0 Å². The number of rotatable bonds is 5. The molecule has 0 spiro atoms. The second-order valence-electron chi connectivity index (χ2n) is 6.59. The molecule has 3 rings (SSSR count). The molecule has 2 aromatic carbocycles. The summed E-state index contributed by atoms with van der Waals surface area (Å²) >= 11 is 0. The number of anilines is 1. The van der Waals surface area contributed by atoms with E-state index >= 15 is 0 Å². The molecule has 2 amide bonds. The first-order valence-corrected chi connectivity index (χ1v) is 9.08. The molecular weight excluding hydrogens is 324 g/mol. The predicted molar refractivity (Wildman–Crippen MR) is 103 cm³/mol. The Kier molecular flexibility index (Phi) is 6.24. The first-order chi connectivity index (χ1) is 12.8. The van der Waals surface area contributed by atoms with E-state index in [1.54, 1.807) is 0 Å². The Morgan fingerprint density at radius 3 is 2.69 bits per heavy atom. The average Bonchev–Trinajstić information content (AvgIpc) is 2.68. The molecule has 134 valence electrons. The molecule has 0 aromatic heterocycles. The van der Waals surface area contributed by atoms with Gasteiger partial charge in [-0.1, -0.05) is 42.8 Å². The van der Waals surface area contributed by atoms with Gasteiger partial charge in [0.15, 0.2) is 0 Å². The van der Waals surface area contributed by atoms with Crippen LogP contribution in [0.2, 0.25) is 0 Å². The second kappa shape index (κ2) is 9.02. The fraction of sp³-hybridized carbons (Fsp3) is 0.333. The fourth-order valence-electron chi connectivity index (χ4n) is 3.39. The standard InChI is InChI=1S/C21H24N4O/c22-14-17-8-4-5-9-18(17)16-25-13-7-6-12-20(25)15-23-21(26)24-19-10-2-1-3-11-19/h1-5,8-11,20H,6-7,12-13,15-16H2,(H2,23,24,26). The van der Waals surface area contributed by atoms with Crippen molar-refractivity contribution in [1.82, 2.24) is 10.2 Å². The van der Waals surface area contributed by atoms with E-state index in [2.05, 4.69) is 21.6 Å². The van der Waals surface area contributed by atoms with Gasteiger partial charge in [0, 0.05) is 24.8 Å². The summed E-state index contributed by atoms with van der Waals surface area (Å²) in [5.74, 6) is 0. The van der Waals surface area contributed by atoms with Crippen molar-refractivity contribution in [2.24, 2.45) is 0 Å². The maximum atomic E-state index is 12.1. The number of nitrogens with zero attached hydrogens (tertiary/aromatic N) is 2. The van der Waals surface area contributed by atoms with Gasteiger partial charge in [0.05, 0.1) is 11.6 Å². The van der Waals surface area contributed by atoms with Crippen molar-refractivity contribution in [3.63, 3.8) is 0 Å². The molecule has 0 bridgehead atoms. The molecule has 1 aliphatic rings. The normalized spacial score (nSPS) is 17.3. The van der Waals surface area contributed by atoms with Crippen LogP contribution in [-0.2, 0) is 6.54 Å². The number of carbonyl (C=O) groups is 1. The monoisotopic (exact) mass is 348 g/mol. The third kappa shape index (κ3) is 4.84. The van der Waals surface area contributed by atoms with E-state index in [-0.39, 0.29) is 12.1 Å². The number of likely N-dealkylation sites (tertiary alicyclic amines) is 1. The summed E-state index contributed by atoms with van der Waals surface area (Å²) in [6.45, 7) is 2.34. The Labute approximate surface area is 154 Å². The van der Waals surface area contributed by atoms with Crippen molar-refractivity contribution in [1.29, 1.82) is 5.26 Å². The third-order valence-corrected chi connectivity index (χ3v) is 4.79. The largest absolute Gasteiger partial charge is 0.336 e. The van der Waals surface area contributed by atoms with Crippen LogP contribution in [0.1, 0.15) is 30.4 Å². The Balaban J connectivity index is 1.57. The number of hydrogen-bond acceptors (Lipinski definition) is 3. The highest BCUT2D eigenvalue weighted by Gasteiger charge is 2.23. The lowest BCUT2D eigenvalue weighted by atomic mass is 10.00. The summed E-state index contributed by atoms with van der Waals surface area (Å²) in [6.07, 6.45) is 3.38. The van der Waals surface area contributed by atoms with E-state index in [0.717, 1.165) is 42.7 Å². The Bertz CT molecular complexity index is 769. The molecule has 26 heavy (non-hydrogen) atoms. The summed E-state index contributed by atoms with van der Waals surface area (Å²) < 4.78 is 0. The van der Waals surface area contributed by atoms with Crippen LogP contribution >= 0.6 is 0 Å². The maximum absolute atomic E-state index is 12.1. The molecule has 5 nitrogen and oxygen atoms in total. The van der Waals surface area contributed by atoms with Gasteiger partial charge >= 0.3 is 6.03 Å². The van der Waals surface area contributed by atoms with Crippen molar-refractivity contribution in [2.45, 2.75) is 31.8 Å². The zero-order valence-corrected chi connectivity index (χ0v) is 14.8. The van der Waals surface area contributed by atoms with Crippen LogP contribution in [0.5, 0.6) is 0 Å². The van der Waals surface area contributed by atoms with Crippen molar-refractivity contribution in [3.05, 3.63) is 65.7 Å². The van der Waals surface area contributed by atoms with E-state index < -0.39 is 0 Å². The van der Waals surface area contributed by atoms with Crippen molar-refractivity contribution in [3.8, 4) is 6.07 Å². The molecule has 0 saturated carbocycles. The van der Waals surface area contributed by atoms with Gasteiger partial charge in [0.2, 0.25) is 0 Å². The smallest absolute Gasteiger partial charge is 0.319 e. The number of amides is 2. The quantitative estimate of drug-likeness (QED) is 0.865. The predicted octanol–water partition coefficient (Wildman–Crippen LogP) is 3.73. The maximum Gasteiger partial charge on any atom is 0.319 e. The number of nitrogens with one attached hydrogen (secondary N) is 2. The molecule has 2 N–H and O–H groups in total. The lowest BCUT2D eigenvalue weighted by molar-refractivity contribution is 0.139. The van der Waals surface area contributed by atoms with Gasteiger partial charge in [-0.3, -0.25) is 4.90 Å². The number of carbonyl (C=O) groups excluding carboxylic acids is 1. The Morgan fingerprint density at radius 1 is 1.12 bits per heavy atom. The van der Waals surface area contributed by atoms with E-state index in [9.17, 15) is 10.1 Å². The minimum absolute atomic E-state index is 0.181. The molecule has 0 radical (unpaired) electrons. The molecule has 1 fully saturated rings. The van der Waals surface area contributed by atoms with Gasteiger partial charge in [-0.25, -0.2) is 4.79 Å². The first-order valence-electron chi connectivity index (χ1n) is 9.08. The second-order valence-corrected chi connectivity index (χ2v) is 6.59. The lowest BCUT2D eigenvalue weighted by Gasteiger charge is -2.36. The fourth-order valence-corrected chi connectivity index (χ4v) is 3.39. The molecule has 1 heterocycles. The van der Waals surface area contributed by atoms with Crippen molar-refractivity contribution < 1.29 is 4.79 Å². The molecule has 0 aliphatic carbocycles. The molecule has 1 atom stereocenters. The van der Waals surface area contributed by atoms with Crippen LogP contribution in [0, 0.1) is 11.3 Å². The zero-order valence-electron chi connectivity index (χ0n) is 14.8. The number of nitriles is 1. The van der Waals surface area contributed by atoms with Crippen LogP contribution in [0.15, 0.2) is 54.6 Å². The molecule has 1 unspecified atom stereocenters. The molecule has 1 aliphatic heterocycles. The van der Waals surface area contributed by atoms with E-state index in [1.165, 1.54) is 6.42 Å². The summed E-state index contributed by atoms with van der Waals surface area (Å²) in [4.78, 5) is 14.5. The zero-order chi connectivity index (χ0) is 18.2. The number of para-hydroxylation sites is 1. The summed E-state index contributed by atoms with van der Waals surface area (Å²) in [5.41, 5.74) is 2.57. The van der Waals surface area contributed by atoms with Crippen LogP contribution in [0.25, 0.3) is 0 Å². The number of urea groups is 1. The minimum atomic E-state index is -0.181. The van der Waals surface area contributed by atoms with Crippen molar-refractivity contribution >= 4 is 11.7 Å². The summed E-state index contributed by atoms with van der Waals surface area (Å²) in [5, 5.41) is 15.1. The molecular formula is C21H24N4O. The minimum Gasteiger partial charge on any atom is -0.336 e. The van der Waals surface area contributed by atoms with Crippen LogP contribution in [0.3, 0.4) is 0 Å². The highest BCUT2D eigenvalue weighted by atomic mass is 16.2.